The molecule has 1 N–H and O–H groups in total. The van der Waals surface area contributed by atoms with Crippen molar-refractivity contribution >= 4 is 0 Å². The Bertz CT molecular complexity index is 423. The van der Waals surface area contributed by atoms with Crippen LogP contribution in [0.15, 0.2) is 18.2 Å². The molecule has 18 heavy (non-hydrogen) atoms. The molecule has 1 aliphatic carbocycles. The summed E-state index contributed by atoms with van der Waals surface area (Å²) in [6, 6.07) is 3.02. The van der Waals surface area contributed by atoms with Crippen LogP contribution in [0.4, 0.5) is 17.6 Å². The van der Waals surface area contributed by atoms with Gasteiger partial charge in [-0.3, -0.25) is 0 Å². The summed E-state index contributed by atoms with van der Waals surface area (Å²) in [5.41, 5.74) is -0.797. The number of hydrogen-bond acceptors (Lipinski definition) is 1. The average molecular weight is 261 g/mol. The highest BCUT2D eigenvalue weighted by atomic mass is 19.4. The minimum absolute atomic E-state index is 0.0939. The van der Waals surface area contributed by atoms with Crippen molar-refractivity contribution in [3.05, 3.63) is 35.1 Å². The summed E-state index contributed by atoms with van der Waals surface area (Å²) in [7, 11) is 0. The van der Waals surface area contributed by atoms with Crippen LogP contribution in [0.25, 0.3) is 0 Å². The fourth-order valence-electron chi connectivity index (χ4n) is 2.00. The van der Waals surface area contributed by atoms with Crippen LogP contribution in [-0.4, -0.2) is 6.04 Å². The molecule has 100 valence electrons. The summed E-state index contributed by atoms with van der Waals surface area (Å²) < 4.78 is 51.1. The van der Waals surface area contributed by atoms with Crippen LogP contribution in [0.3, 0.4) is 0 Å². The van der Waals surface area contributed by atoms with Crippen LogP contribution in [0.2, 0.25) is 0 Å². The first-order chi connectivity index (χ1) is 8.38. The third-order valence-electron chi connectivity index (χ3n) is 3.32. The lowest BCUT2D eigenvalue weighted by molar-refractivity contribution is -0.138. The third kappa shape index (κ3) is 3.22. The standard InChI is InChI=1S/C13H15F4N/c1-8(9-2-3-9)18-7-10-4-5-11(14)6-12(10)13(15,16)17/h4-6,8-9,18H,2-3,7H2,1H3. The molecule has 5 heteroatoms. The van der Waals surface area contributed by atoms with E-state index < -0.39 is 17.6 Å². The number of alkyl halides is 3. The summed E-state index contributed by atoms with van der Waals surface area (Å²) >= 11 is 0. The minimum atomic E-state index is -4.51. The molecule has 0 spiro atoms. The van der Waals surface area contributed by atoms with E-state index in [1.165, 1.54) is 6.07 Å². The zero-order chi connectivity index (χ0) is 13.3. The Balaban J connectivity index is 2.11. The number of hydrogen-bond donors (Lipinski definition) is 1. The van der Waals surface area contributed by atoms with Crippen molar-refractivity contribution in [1.82, 2.24) is 5.32 Å². The molecule has 0 aliphatic heterocycles. The Morgan fingerprint density at radius 2 is 2.00 bits per heavy atom. The summed E-state index contributed by atoms with van der Waals surface area (Å²) in [4.78, 5) is 0. The van der Waals surface area contributed by atoms with E-state index in [1.54, 1.807) is 0 Å². The molecule has 1 unspecified atom stereocenters. The second kappa shape index (κ2) is 4.88. The fraction of sp³-hybridized carbons (Fsp3) is 0.538. The maximum Gasteiger partial charge on any atom is 0.416 e. The molecule has 0 heterocycles. The quantitative estimate of drug-likeness (QED) is 0.814. The van der Waals surface area contributed by atoms with Gasteiger partial charge in [0.05, 0.1) is 5.56 Å². The lowest BCUT2D eigenvalue weighted by atomic mass is 10.1. The summed E-state index contributed by atoms with van der Waals surface area (Å²) in [5, 5.41) is 3.07. The van der Waals surface area contributed by atoms with Crippen molar-refractivity contribution < 1.29 is 17.6 Å². The van der Waals surface area contributed by atoms with Crippen molar-refractivity contribution in [3.8, 4) is 0 Å². The molecule has 1 saturated carbocycles. The zero-order valence-corrected chi connectivity index (χ0v) is 10.0. The highest BCUT2D eigenvalue weighted by Gasteiger charge is 2.34. The largest absolute Gasteiger partial charge is 0.416 e. The second-order valence-electron chi connectivity index (χ2n) is 4.81. The van der Waals surface area contributed by atoms with E-state index in [0.717, 1.165) is 18.9 Å². The molecule has 1 aliphatic rings. The van der Waals surface area contributed by atoms with E-state index in [1.807, 2.05) is 6.92 Å². The normalized spacial score (nSPS) is 17.8. The summed E-state index contributed by atoms with van der Waals surface area (Å²) in [6.07, 6.45) is -2.25. The van der Waals surface area contributed by atoms with Crippen molar-refractivity contribution in [2.24, 2.45) is 5.92 Å². The van der Waals surface area contributed by atoms with Gasteiger partial charge in [-0.2, -0.15) is 13.2 Å². The molecule has 1 aromatic rings. The monoisotopic (exact) mass is 261 g/mol. The van der Waals surface area contributed by atoms with Crippen LogP contribution >= 0.6 is 0 Å². The first kappa shape index (κ1) is 13.3. The van der Waals surface area contributed by atoms with E-state index in [-0.39, 0.29) is 18.2 Å². The SMILES string of the molecule is CC(NCc1ccc(F)cc1C(F)(F)F)C1CC1. The second-order valence-corrected chi connectivity index (χ2v) is 4.81. The molecule has 1 atom stereocenters. The van der Waals surface area contributed by atoms with Gasteiger partial charge in [0.15, 0.2) is 0 Å². The van der Waals surface area contributed by atoms with Crippen molar-refractivity contribution in [2.75, 3.05) is 0 Å². The van der Waals surface area contributed by atoms with Crippen LogP contribution < -0.4 is 5.32 Å². The Hall–Kier alpha value is -1.10. The summed E-state index contributed by atoms with van der Waals surface area (Å²) in [5.74, 6) is -0.291. The van der Waals surface area contributed by atoms with E-state index >= 15 is 0 Å². The van der Waals surface area contributed by atoms with Gasteiger partial charge in [-0.1, -0.05) is 6.07 Å². The van der Waals surface area contributed by atoms with Gasteiger partial charge in [-0.15, -0.1) is 0 Å². The van der Waals surface area contributed by atoms with E-state index in [2.05, 4.69) is 5.32 Å². The molecule has 1 aromatic carbocycles. The predicted octanol–water partition coefficient (Wildman–Crippen LogP) is 3.73. The Morgan fingerprint density at radius 3 is 2.56 bits per heavy atom. The first-order valence-corrected chi connectivity index (χ1v) is 5.97. The van der Waals surface area contributed by atoms with Gasteiger partial charge in [0.25, 0.3) is 0 Å². The Morgan fingerprint density at radius 1 is 1.33 bits per heavy atom. The smallest absolute Gasteiger partial charge is 0.310 e. The van der Waals surface area contributed by atoms with Crippen LogP contribution in [0.1, 0.15) is 30.9 Å². The number of benzene rings is 1. The Kier molecular flexibility index (Phi) is 3.61. The molecule has 0 radical (unpaired) electrons. The van der Waals surface area contributed by atoms with Crippen LogP contribution in [0, 0.1) is 11.7 Å². The molecular weight excluding hydrogens is 246 g/mol. The van der Waals surface area contributed by atoms with Gasteiger partial charge in [0, 0.05) is 12.6 Å². The lowest BCUT2D eigenvalue weighted by Crippen LogP contribution is -2.28. The van der Waals surface area contributed by atoms with Gasteiger partial charge in [-0.25, -0.2) is 4.39 Å². The highest BCUT2D eigenvalue weighted by Crippen LogP contribution is 2.34. The maximum atomic E-state index is 12.9. The number of nitrogens with one attached hydrogen (secondary N) is 1. The zero-order valence-electron chi connectivity index (χ0n) is 10.0. The lowest BCUT2D eigenvalue weighted by Gasteiger charge is -2.16. The van der Waals surface area contributed by atoms with Gasteiger partial charge in [0.2, 0.25) is 0 Å². The molecule has 0 saturated heterocycles. The van der Waals surface area contributed by atoms with Crippen molar-refractivity contribution in [3.63, 3.8) is 0 Å². The third-order valence-corrected chi connectivity index (χ3v) is 3.32. The molecule has 0 aromatic heterocycles. The average Bonchev–Trinajstić information content (AvgIpc) is 3.09. The van der Waals surface area contributed by atoms with Crippen molar-refractivity contribution in [2.45, 2.75) is 38.5 Å². The van der Waals surface area contributed by atoms with Crippen molar-refractivity contribution in [1.29, 1.82) is 0 Å². The molecule has 2 rings (SSSR count). The fourth-order valence-corrected chi connectivity index (χ4v) is 2.00. The molecule has 1 nitrogen and oxygen atoms in total. The number of halogens is 4. The summed E-state index contributed by atoms with van der Waals surface area (Å²) in [6.45, 7) is 2.08. The molecule has 0 amide bonds. The van der Waals surface area contributed by atoms with Gasteiger partial charge < -0.3 is 5.32 Å². The molecular formula is C13H15F4N. The molecule has 0 bridgehead atoms. The number of rotatable bonds is 4. The molecule has 1 fully saturated rings. The Labute approximate surface area is 103 Å². The van der Waals surface area contributed by atoms with Crippen LogP contribution in [0.5, 0.6) is 0 Å². The first-order valence-electron chi connectivity index (χ1n) is 5.97. The minimum Gasteiger partial charge on any atom is -0.310 e. The maximum absolute atomic E-state index is 12.9. The highest BCUT2D eigenvalue weighted by molar-refractivity contribution is 5.30. The van der Waals surface area contributed by atoms with E-state index in [9.17, 15) is 17.6 Å². The van der Waals surface area contributed by atoms with Gasteiger partial charge in [-0.05, 0) is 43.4 Å². The topological polar surface area (TPSA) is 12.0 Å². The van der Waals surface area contributed by atoms with Gasteiger partial charge >= 0.3 is 6.18 Å². The van der Waals surface area contributed by atoms with E-state index in [0.29, 0.717) is 12.0 Å². The van der Waals surface area contributed by atoms with Gasteiger partial charge in [0.1, 0.15) is 5.82 Å². The van der Waals surface area contributed by atoms with Crippen LogP contribution in [-0.2, 0) is 12.7 Å². The van der Waals surface area contributed by atoms with E-state index in [4.69, 9.17) is 0 Å². The predicted molar refractivity (Wildman–Crippen MR) is 60.4 cm³/mol.